The van der Waals surface area contributed by atoms with Crippen LogP contribution in [0.4, 0.5) is 13.2 Å². The summed E-state index contributed by atoms with van der Waals surface area (Å²) in [7, 11) is 0. The summed E-state index contributed by atoms with van der Waals surface area (Å²) < 4.78 is 61.7. The Morgan fingerprint density at radius 3 is 2.67 bits per heavy atom. The van der Waals surface area contributed by atoms with Crippen LogP contribution in [0.15, 0.2) is 67.3 Å². The molecule has 3 aromatic rings. The summed E-state index contributed by atoms with van der Waals surface area (Å²) in [5.41, 5.74) is -1.25. The van der Waals surface area contributed by atoms with E-state index >= 15 is 4.39 Å². The molecule has 1 fully saturated rings. The Balaban J connectivity index is 1.45. The zero-order valence-electron chi connectivity index (χ0n) is 22.4. The van der Waals surface area contributed by atoms with Crippen LogP contribution in [-0.2, 0) is 31.2 Å². The number of halogens is 3. The minimum Gasteiger partial charge on any atom is -0.449 e. The van der Waals surface area contributed by atoms with E-state index in [4.69, 9.17) is 19.5 Å². The molecule has 13 heteroatoms. The van der Waals surface area contributed by atoms with Gasteiger partial charge in [-0.1, -0.05) is 24.3 Å². The second-order valence-corrected chi connectivity index (χ2v) is 10.9. The first kappa shape index (κ1) is 31.0. The van der Waals surface area contributed by atoms with Crippen molar-refractivity contribution in [1.29, 1.82) is 5.26 Å². The maximum atomic E-state index is 15.2. The van der Waals surface area contributed by atoms with Crippen molar-refractivity contribution in [3.63, 3.8) is 0 Å². The first-order chi connectivity index (χ1) is 20.2. The molecule has 1 saturated heterocycles. The normalized spacial score (nSPS) is 19.4. The van der Waals surface area contributed by atoms with E-state index in [2.05, 4.69) is 10.1 Å². The van der Waals surface area contributed by atoms with E-state index in [0.717, 1.165) is 12.1 Å². The molecule has 4 rings (SSSR count). The lowest BCUT2D eigenvalue weighted by atomic mass is 9.89. The first-order valence-electron chi connectivity index (χ1n) is 12.8. The zero-order chi connectivity index (χ0) is 30.1. The molecular weight excluding hydrogens is 573 g/mol. The minimum absolute atomic E-state index is 0.0925. The summed E-state index contributed by atoms with van der Waals surface area (Å²) in [6, 6.07) is 9.03. The highest BCUT2D eigenvalue weighted by Gasteiger charge is 2.46. The Kier molecular flexibility index (Phi) is 10.5. The number of aromatic nitrogens is 3. The molecule has 42 heavy (non-hydrogen) atoms. The number of carbonyl (C=O) groups excluding carboxylic acids is 1. The molecule has 1 aliphatic rings. The fraction of sp³-hybridized carbons (Fsp3) is 0.310. The third-order valence-corrected chi connectivity index (χ3v) is 7.85. The summed E-state index contributed by atoms with van der Waals surface area (Å²) in [5.74, 6) is -3.24. The Morgan fingerprint density at radius 1 is 1.24 bits per heavy atom. The van der Waals surface area contributed by atoms with E-state index in [1.807, 2.05) is 6.07 Å². The number of rotatable bonds is 11. The molecule has 2 unspecified atom stereocenters. The average Bonchev–Trinajstić information content (AvgIpc) is 3.49. The molecule has 1 N–H and O–H groups in total. The van der Waals surface area contributed by atoms with Crippen molar-refractivity contribution in [2.75, 3.05) is 19.8 Å². The highest BCUT2D eigenvalue weighted by Crippen LogP contribution is 2.42. The third kappa shape index (κ3) is 7.65. The Morgan fingerprint density at radius 2 is 2.02 bits per heavy atom. The number of benzene rings is 2. The van der Waals surface area contributed by atoms with Gasteiger partial charge in [-0.2, -0.15) is 10.4 Å². The van der Waals surface area contributed by atoms with E-state index in [9.17, 15) is 18.7 Å². The van der Waals surface area contributed by atoms with Gasteiger partial charge in [-0.25, -0.2) is 27.6 Å². The molecule has 0 amide bonds. The number of allylic oxidation sites excluding steroid dienone is 2. The van der Waals surface area contributed by atoms with E-state index in [1.54, 1.807) is 31.2 Å². The summed E-state index contributed by atoms with van der Waals surface area (Å²) >= 11 is 1.31. The second kappa shape index (κ2) is 14.3. The van der Waals surface area contributed by atoms with Gasteiger partial charge in [0.2, 0.25) is 0 Å². The number of aliphatic hydroxyl groups is 1. The molecule has 0 bridgehead atoms. The lowest BCUT2D eigenvalue weighted by Gasteiger charge is -2.40. The van der Waals surface area contributed by atoms with Crippen LogP contribution in [0.5, 0.6) is 0 Å². The SMILES string of the molecule is CC(SC1COC(C=CC=Cc2ccc(C#N)cc2F)OC1)C(Cn1cncn1)(OC(=O)CO)c1ccc(F)cc1F. The molecule has 0 radical (unpaired) electrons. The molecule has 1 aromatic heterocycles. The van der Waals surface area contributed by atoms with Gasteiger partial charge in [0, 0.05) is 22.4 Å². The monoisotopic (exact) mass is 600 g/mol. The van der Waals surface area contributed by atoms with E-state index in [1.165, 1.54) is 47.3 Å². The molecule has 0 spiro atoms. The highest BCUT2D eigenvalue weighted by molar-refractivity contribution is 8.00. The predicted octanol–water partition coefficient (Wildman–Crippen LogP) is 4.13. The predicted molar refractivity (Wildman–Crippen MR) is 147 cm³/mol. The summed E-state index contributed by atoms with van der Waals surface area (Å²) in [5, 5.41) is 21.4. The lowest BCUT2D eigenvalue weighted by molar-refractivity contribution is -0.167. The number of nitriles is 1. The van der Waals surface area contributed by atoms with Gasteiger partial charge in [0.05, 0.1) is 36.6 Å². The molecule has 2 heterocycles. The number of aliphatic hydroxyl groups excluding tert-OH is 1. The van der Waals surface area contributed by atoms with Crippen LogP contribution in [0.25, 0.3) is 6.08 Å². The fourth-order valence-corrected chi connectivity index (χ4v) is 5.72. The molecule has 2 atom stereocenters. The van der Waals surface area contributed by atoms with E-state index < -0.39 is 47.2 Å². The second-order valence-electron chi connectivity index (χ2n) is 9.27. The number of carbonyl (C=O) groups is 1. The van der Waals surface area contributed by atoms with Crippen LogP contribution in [-0.4, -0.2) is 62.5 Å². The maximum Gasteiger partial charge on any atom is 0.332 e. The number of esters is 1. The van der Waals surface area contributed by atoms with Crippen LogP contribution in [0.2, 0.25) is 0 Å². The maximum absolute atomic E-state index is 15.2. The van der Waals surface area contributed by atoms with Crippen LogP contribution < -0.4 is 0 Å². The van der Waals surface area contributed by atoms with Crippen LogP contribution in [0.1, 0.15) is 23.6 Å². The molecule has 0 aliphatic carbocycles. The summed E-state index contributed by atoms with van der Waals surface area (Å²) in [6.45, 7) is 1.07. The highest BCUT2D eigenvalue weighted by atomic mass is 32.2. The number of nitrogens with zero attached hydrogens (tertiary/aromatic N) is 4. The topological polar surface area (TPSA) is 119 Å². The van der Waals surface area contributed by atoms with Gasteiger partial charge >= 0.3 is 5.97 Å². The van der Waals surface area contributed by atoms with Crippen molar-refractivity contribution in [1.82, 2.24) is 14.8 Å². The zero-order valence-corrected chi connectivity index (χ0v) is 23.2. The molecule has 2 aromatic carbocycles. The largest absolute Gasteiger partial charge is 0.449 e. The van der Waals surface area contributed by atoms with Crippen molar-refractivity contribution in [2.45, 2.75) is 35.9 Å². The van der Waals surface area contributed by atoms with E-state index in [-0.39, 0.29) is 36.1 Å². The molecule has 9 nitrogen and oxygen atoms in total. The van der Waals surface area contributed by atoms with Crippen molar-refractivity contribution in [3.8, 4) is 6.07 Å². The Labute approximate surface area is 244 Å². The van der Waals surface area contributed by atoms with Gasteiger partial charge < -0.3 is 19.3 Å². The fourth-order valence-electron chi connectivity index (χ4n) is 4.36. The lowest BCUT2D eigenvalue weighted by Crippen LogP contribution is -2.47. The standard InChI is InChI=1S/C29H27F3N4O5S/c1-19(29(41-27(38)13-37,16-36-18-34-17-35-36)24-9-8-22(30)11-26(24)32)42-23-14-39-28(40-15-23)5-3-2-4-21-7-6-20(12-33)10-25(21)31/h2-11,17-19,23,28,37H,13-16H2,1H3. The van der Waals surface area contributed by atoms with Gasteiger partial charge in [0.1, 0.15) is 36.7 Å². The Bertz CT molecular complexity index is 1470. The number of hydrogen-bond acceptors (Lipinski definition) is 9. The van der Waals surface area contributed by atoms with Crippen LogP contribution in [0.3, 0.4) is 0 Å². The van der Waals surface area contributed by atoms with Crippen LogP contribution >= 0.6 is 11.8 Å². The smallest absolute Gasteiger partial charge is 0.332 e. The van der Waals surface area contributed by atoms with Gasteiger partial charge in [-0.05, 0) is 37.3 Å². The van der Waals surface area contributed by atoms with Crippen LogP contribution in [0, 0.1) is 28.8 Å². The van der Waals surface area contributed by atoms with Gasteiger partial charge in [-0.3, -0.25) is 0 Å². The van der Waals surface area contributed by atoms with Crippen molar-refractivity contribution < 1.29 is 37.3 Å². The molecule has 0 saturated carbocycles. The summed E-state index contributed by atoms with van der Waals surface area (Å²) in [4.78, 5) is 16.3. The number of thioether (sulfide) groups is 1. The quantitative estimate of drug-likeness (QED) is 0.256. The third-order valence-electron chi connectivity index (χ3n) is 6.41. The Hall–Kier alpha value is -3.96. The van der Waals surface area contributed by atoms with Gasteiger partial charge in [0.15, 0.2) is 11.9 Å². The molecule has 220 valence electrons. The summed E-state index contributed by atoms with van der Waals surface area (Å²) in [6.07, 6.45) is 8.42. The number of ether oxygens (including phenoxy) is 3. The number of hydrogen-bond donors (Lipinski definition) is 1. The van der Waals surface area contributed by atoms with Gasteiger partial charge in [-0.15, -0.1) is 11.8 Å². The van der Waals surface area contributed by atoms with Gasteiger partial charge in [0.25, 0.3) is 0 Å². The average molecular weight is 601 g/mol. The minimum atomic E-state index is -1.71. The van der Waals surface area contributed by atoms with Crippen molar-refractivity contribution in [3.05, 3.63) is 101 Å². The first-order valence-corrected chi connectivity index (χ1v) is 13.7. The van der Waals surface area contributed by atoms with Crippen molar-refractivity contribution in [2.24, 2.45) is 0 Å². The van der Waals surface area contributed by atoms with Crippen molar-refractivity contribution >= 4 is 23.8 Å². The molecular formula is C29H27F3N4O5S. The molecule has 1 aliphatic heterocycles. The van der Waals surface area contributed by atoms with E-state index in [0.29, 0.717) is 11.6 Å².